The lowest BCUT2D eigenvalue weighted by molar-refractivity contribution is -0.119. The van der Waals surface area contributed by atoms with Crippen molar-refractivity contribution in [1.29, 1.82) is 0 Å². The van der Waals surface area contributed by atoms with Gasteiger partial charge in [-0.3, -0.25) is 4.79 Å². The van der Waals surface area contributed by atoms with Gasteiger partial charge in [-0.1, -0.05) is 12.1 Å². The minimum atomic E-state index is -3.68. The summed E-state index contributed by atoms with van der Waals surface area (Å²) in [5, 5.41) is 9.60. The third-order valence-electron chi connectivity index (χ3n) is 2.91. The van der Waals surface area contributed by atoms with Crippen LogP contribution in [-0.2, 0) is 14.8 Å². The van der Waals surface area contributed by atoms with E-state index in [1.807, 2.05) is 0 Å². The standard InChI is InChI=1S/C11H14N2O4S/c14-9-12-5-7-13(8-6-12)18(16,17)11-4-2-1-3-10(11)15/h1-4,9,15H,5-8H2. The Morgan fingerprint density at radius 2 is 1.72 bits per heavy atom. The SMILES string of the molecule is O=CN1CCN(S(=O)(=O)c2ccccc2O)CC1. The fourth-order valence-electron chi connectivity index (χ4n) is 1.86. The summed E-state index contributed by atoms with van der Waals surface area (Å²) in [6, 6.07) is 5.85. The van der Waals surface area contributed by atoms with Crippen molar-refractivity contribution in [2.45, 2.75) is 4.90 Å². The maximum Gasteiger partial charge on any atom is 0.246 e. The number of para-hydroxylation sites is 1. The summed E-state index contributed by atoms with van der Waals surface area (Å²) in [5.74, 6) is -0.254. The molecule has 0 spiro atoms. The fraction of sp³-hybridized carbons (Fsp3) is 0.364. The molecule has 6 nitrogen and oxygen atoms in total. The number of phenolic OH excluding ortho intramolecular Hbond substituents is 1. The number of carbonyl (C=O) groups is 1. The van der Waals surface area contributed by atoms with Crippen LogP contribution >= 0.6 is 0 Å². The molecule has 0 aliphatic carbocycles. The molecule has 1 aromatic rings. The maximum absolute atomic E-state index is 12.3. The summed E-state index contributed by atoms with van der Waals surface area (Å²) < 4.78 is 25.8. The average Bonchev–Trinajstić information content (AvgIpc) is 2.39. The highest BCUT2D eigenvalue weighted by Gasteiger charge is 2.29. The smallest absolute Gasteiger partial charge is 0.246 e. The van der Waals surface area contributed by atoms with Crippen molar-refractivity contribution >= 4 is 16.4 Å². The Morgan fingerprint density at radius 3 is 2.28 bits per heavy atom. The Bertz CT molecular complexity index is 536. The van der Waals surface area contributed by atoms with Gasteiger partial charge in [0.25, 0.3) is 0 Å². The van der Waals surface area contributed by atoms with Crippen molar-refractivity contribution < 1.29 is 18.3 Å². The van der Waals surface area contributed by atoms with Gasteiger partial charge in [-0.25, -0.2) is 8.42 Å². The minimum Gasteiger partial charge on any atom is -0.507 e. The number of aromatic hydroxyl groups is 1. The van der Waals surface area contributed by atoms with Crippen LogP contribution in [0.3, 0.4) is 0 Å². The van der Waals surface area contributed by atoms with E-state index >= 15 is 0 Å². The molecule has 2 rings (SSSR count). The molecule has 0 bridgehead atoms. The van der Waals surface area contributed by atoms with Gasteiger partial charge in [0, 0.05) is 26.2 Å². The molecule has 0 atom stereocenters. The van der Waals surface area contributed by atoms with Crippen molar-refractivity contribution in [3.63, 3.8) is 0 Å². The molecule has 1 aromatic carbocycles. The molecule has 1 heterocycles. The second-order valence-corrected chi connectivity index (χ2v) is 5.92. The predicted molar refractivity (Wildman–Crippen MR) is 64.5 cm³/mol. The van der Waals surface area contributed by atoms with Crippen molar-refractivity contribution in [3.05, 3.63) is 24.3 Å². The fourth-order valence-corrected chi connectivity index (χ4v) is 3.37. The van der Waals surface area contributed by atoms with E-state index in [0.29, 0.717) is 19.5 Å². The van der Waals surface area contributed by atoms with Crippen LogP contribution in [0.25, 0.3) is 0 Å². The van der Waals surface area contributed by atoms with E-state index < -0.39 is 10.0 Å². The maximum atomic E-state index is 12.3. The number of rotatable bonds is 3. The van der Waals surface area contributed by atoms with Crippen LogP contribution < -0.4 is 0 Å². The lowest BCUT2D eigenvalue weighted by Crippen LogP contribution is -2.47. The quantitative estimate of drug-likeness (QED) is 0.775. The number of carbonyl (C=O) groups excluding carboxylic acids is 1. The van der Waals surface area contributed by atoms with Crippen molar-refractivity contribution in [3.8, 4) is 5.75 Å². The molecule has 18 heavy (non-hydrogen) atoms. The minimum absolute atomic E-state index is 0.0930. The molecular weight excluding hydrogens is 256 g/mol. The van der Waals surface area contributed by atoms with E-state index in [-0.39, 0.29) is 23.7 Å². The summed E-state index contributed by atoms with van der Waals surface area (Å²) in [6.07, 6.45) is 0.712. The zero-order valence-electron chi connectivity index (χ0n) is 9.69. The summed E-state index contributed by atoms with van der Waals surface area (Å²) in [4.78, 5) is 12.0. The second-order valence-electron chi connectivity index (χ2n) is 4.01. The average molecular weight is 270 g/mol. The van der Waals surface area contributed by atoms with Gasteiger partial charge < -0.3 is 10.0 Å². The first kappa shape index (κ1) is 12.8. The Morgan fingerprint density at radius 1 is 1.11 bits per heavy atom. The molecule has 1 fully saturated rings. The molecule has 0 radical (unpaired) electrons. The number of phenols is 1. The number of piperazine rings is 1. The van der Waals surface area contributed by atoms with Crippen LogP contribution in [0.1, 0.15) is 0 Å². The second kappa shape index (κ2) is 4.95. The van der Waals surface area contributed by atoms with Crippen molar-refractivity contribution in [1.82, 2.24) is 9.21 Å². The lowest BCUT2D eigenvalue weighted by Gasteiger charge is -2.31. The number of nitrogens with zero attached hydrogens (tertiary/aromatic N) is 2. The lowest BCUT2D eigenvalue weighted by atomic mass is 10.3. The topological polar surface area (TPSA) is 77.9 Å². The van der Waals surface area contributed by atoms with Gasteiger partial charge in [-0.2, -0.15) is 4.31 Å². The molecule has 7 heteroatoms. The monoisotopic (exact) mass is 270 g/mol. The first-order chi connectivity index (χ1) is 8.55. The zero-order valence-corrected chi connectivity index (χ0v) is 10.5. The Kier molecular flexibility index (Phi) is 3.53. The molecule has 1 saturated heterocycles. The van der Waals surface area contributed by atoms with Crippen LogP contribution in [0.5, 0.6) is 5.75 Å². The van der Waals surface area contributed by atoms with E-state index in [4.69, 9.17) is 0 Å². The van der Waals surface area contributed by atoms with Crippen LogP contribution in [0.2, 0.25) is 0 Å². The highest BCUT2D eigenvalue weighted by Crippen LogP contribution is 2.25. The highest BCUT2D eigenvalue weighted by molar-refractivity contribution is 7.89. The van der Waals surface area contributed by atoms with Crippen LogP contribution in [-0.4, -0.2) is 55.3 Å². The molecular formula is C11H14N2O4S. The first-order valence-corrected chi connectivity index (χ1v) is 6.97. The Balaban J connectivity index is 2.23. The van der Waals surface area contributed by atoms with Crippen molar-refractivity contribution in [2.24, 2.45) is 0 Å². The van der Waals surface area contributed by atoms with Gasteiger partial charge in [0.05, 0.1) is 0 Å². The normalized spacial score (nSPS) is 17.7. The van der Waals surface area contributed by atoms with E-state index in [1.54, 1.807) is 12.1 Å². The summed E-state index contributed by atoms with van der Waals surface area (Å²) in [6.45, 7) is 1.23. The molecule has 98 valence electrons. The van der Waals surface area contributed by atoms with Gasteiger partial charge in [-0.05, 0) is 12.1 Å². The first-order valence-electron chi connectivity index (χ1n) is 5.53. The highest BCUT2D eigenvalue weighted by atomic mass is 32.2. The molecule has 0 unspecified atom stereocenters. The number of hydrogen-bond donors (Lipinski definition) is 1. The van der Waals surface area contributed by atoms with Gasteiger partial charge in [-0.15, -0.1) is 0 Å². The van der Waals surface area contributed by atoms with Crippen LogP contribution in [0, 0.1) is 0 Å². The molecule has 1 amide bonds. The number of amides is 1. The van der Waals surface area contributed by atoms with E-state index in [2.05, 4.69) is 0 Å². The van der Waals surface area contributed by atoms with Gasteiger partial charge in [0.1, 0.15) is 10.6 Å². The van der Waals surface area contributed by atoms with E-state index in [1.165, 1.54) is 21.3 Å². The third kappa shape index (κ3) is 2.32. The van der Waals surface area contributed by atoms with Crippen molar-refractivity contribution in [2.75, 3.05) is 26.2 Å². The molecule has 1 aliphatic heterocycles. The number of benzene rings is 1. The van der Waals surface area contributed by atoms with Gasteiger partial charge >= 0.3 is 0 Å². The van der Waals surface area contributed by atoms with Crippen LogP contribution in [0.15, 0.2) is 29.2 Å². The largest absolute Gasteiger partial charge is 0.507 e. The zero-order chi connectivity index (χ0) is 13.2. The number of sulfonamides is 1. The van der Waals surface area contributed by atoms with E-state index in [9.17, 15) is 18.3 Å². The predicted octanol–water partition coefficient (Wildman–Crippen LogP) is -0.145. The van der Waals surface area contributed by atoms with Crippen LogP contribution in [0.4, 0.5) is 0 Å². The summed E-state index contributed by atoms with van der Waals surface area (Å²) >= 11 is 0. The summed E-state index contributed by atoms with van der Waals surface area (Å²) in [5.41, 5.74) is 0. The molecule has 0 aromatic heterocycles. The molecule has 1 N–H and O–H groups in total. The molecule has 0 saturated carbocycles. The number of hydrogen-bond acceptors (Lipinski definition) is 4. The summed E-state index contributed by atoms with van der Waals surface area (Å²) in [7, 11) is -3.68. The van der Waals surface area contributed by atoms with Gasteiger partial charge in [0.15, 0.2) is 0 Å². The Labute approximate surface area is 105 Å². The van der Waals surface area contributed by atoms with Gasteiger partial charge in [0.2, 0.25) is 16.4 Å². The third-order valence-corrected chi connectivity index (χ3v) is 4.85. The Hall–Kier alpha value is -1.60. The van der Waals surface area contributed by atoms with E-state index in [0.717, 1.165) is 0 Å². The molecule has 1 aliphatic rings.